The van der Waals surface area contributed by atoms with Gasteiger partial charge in [0.15, 0.2) is 11.5 Å². The number of carbonyl (C=O) groups is 4. The molecule has 0 aliphatic heterocycles. The molecule has 3 rings (SSSR count). The minimum absolute atomic E-state index is 0.326. The van der Waals surface area contributed by atoms with Crippen LogP contribution in [0.15, 0.2) is 66.7 Å². The Morgan fingerprint density at radius 1 is 0.905 bits per heavy atom. The lowest BCUT2D eigenvalue weighted by Crippen LogP contribution is -2.45. The number of methoxy groups -OCH3 is 2. The van der Waals surface area contributed by atoms with E-state index in [2.05, 4.69) is 16.0 Å². The number of nitrogens with two attached hydrogens (primary N) is 1. The number of aryl methyl sites for hydroxylation is 1. The Labute approximate surface area is 243 Å². The molecule has 0 fully saturated rings. The van der Waals surface area contributed by atoms with Crippen LogP contribution in [0.2, 0.25) is 0 Å². The molecule has 0 aliphatic carbocycles. The van der Waals surface area contributed by atoms with Crippen LogP contribution in [0, 0.1) is 6.92 Å². The highest BCUT2D eigenvalue weighted by Gasteiger charge is 2.25. The SMILES string of the molecule is COc1ccc(C(CC(=O)O)NC(=O)C(N)CC(=O)N(C)c2ccc(NC(=O)Nc3ccccc3C)cc2)cc1OC. The molecular formula is C30H35N5O7. The second-order valence-electron chi connectivity index (χ2n) is 9.48. The summed E-state index contributed by atoms with van der Waals surface area (Å²) in [5, 5.41) is 17.5. The number of rotatable bonds is 12. The fourth-order valence-electron chi connectivity index (χ4n) is 4.10. The van der Waals surface area contributed by atoms with Gasteiger partial charge in [-0.2, -0.15) is 0 Å². The summed E-state index contributed by atoms with van der Waals surface area (Å²) < 4.78 is 10.5. The van der Waals surface area contributed by atoms with Crippen molar-refractivity contribution in [3.8, 4) is 11.5 Å². The molecule has 3 aromatic rings. The van der Waals surface area contributed by atoms with Crippen LogP contribution in [0.3, 0.4) is 0 Å². The van der Waals surface area contributed by atoms with E-state index in [-0.39, 0.29) is 6.42 Å². The first kappa shape index (κ1) is 31.4. The highest BCUT2D eigenvalue weighted by Crippen LogP contribution is 2.31. The number of carboxylic acid groups (broad SMARTS) is 1. The number of amides is 4. The number of benzene rings is 3. The predicted octanol–water partition coefficient (Wildman–Crippen LogP) is 3.67. The van der Waals surface area contributed by atoms with E-state index in [1.807, 2.05) is 25.1 Å². The fraction of sp³-hybridized carbons (Fsp3) is 0.267. The average molecular weight is 578 g/mol. The highest BCUT2D eigenvalue weighted by molar-refractivity contribution is 6.01. The van der Waals surface area contributed by atoms with Gasteiger partial charge < -0.3 is 41.2 Å². The molecule has 12 heteroatoms. The van der Waals surface area contributed by atoms with Crippen LogP contribution in [-0.4, -0.2) is 56.2 Å². The Kier molecular flexibility index (Phi) is 10.9. The van der Waals surface area contributed by atoms with Gasteiger partial charge in [-0.05, 0) is 60.5 Å². The molecule has 12 nitrogen and oxygen atoms in total. The van der Waals surface area contributed by atoms with Gasteiger partial charge in [-0.1, -0.05) is 24.3 Å². The van der Waals surface area contributed by atoms with Gasteiger partial charge >= 0.3 is 12.0 Å². The van der Waals surface area contributed by atoms with Crippen molar-refractivity contribution in [1.82, 2.24) is 5.32 Å². The minimum Gasteiger partial charge on any atom is -0.493 e. The summed E-state index contributed by atoms with van der Waals surface area (Å²) in [6.07, 6.45) is -0.738. The maximum Gasteiger partial charge on any atom is 0.323 e. The molecule has 42 heavy (non-hydrogen) atoms. The van der Waals surface area contributed by atoms with Gasteiger partial charge in [0.25, 0.3) is 0 Å². The van der Waals surface area contributed by atoms with Crippen molar-refractivity contribution in [3.05, 3.63) is 77.9 Å². The summed E-state index contributed by atoms with van der Waals surface area (Å²) in [6, 6.07) is 16.2. The third kappa shape index (κ3) is 8.45. The number of aliphatic carboxylic acids is 1. The molecule has 0 aromatic heterocycles. The molecule has 6 N–H and O–H groups in total. The van der Waals surface area contributed by atoms with Crippen molar-refractivity contribution in [2.75, 3.05) is 36.8 Å². The number of carbonyl (C=O) groups excluding carboxylic acids is 3. The van der Waals surface area contributed by atoms with Crippen LogP contribution >= 0.6 is 0 Å². The Bertz CT molecular complexity index is 1430. The Morgan fingerprint density at radius 3 is 2.19 bits per heavy atom. The van der Waals surface area contributed by atoms with E-state index < -0.39 is 42.3 Å². The van der Waals surface area contributed by atoms with Crippen LogP contribution in [0.5, 0.6) is 11.5 Å². The molecule has 0 saturated heterocycles. The molecular weight excluding hydrogens is 542 g/mol. The molecule has 0 saturated carbocycles. The summed E-state index contributed by atoms with van der Waals surface area (Å²) in [7, 11) is 4.45. The summed E-state index contributed by atoms with van der Waals surface area (Å²) in [5.74, 6) is -1.44. The summed E-state index contributed by atoms with van der Waals surface area (Å²) in [6.45, 7) is 1.89. The zero-order chi connectivity index (χ0) is 30.8. The third-order valence-corrected chi connectivity index (χ3v) is 6.52. The van der Waals surface area contributed by atoms with Crippen molar-refractivity contribution in [3.63, 3.8) is 0 Å². The third-order valence-electron chi connectivity index (χ3n) is 6.52. The zero-order valence-corrected chi connectivity index (χ0v) is 23.8. The van der Waals surface area contributed by atoms with Gasteiger partial charge in [-0.25, -0.2) is 4.79 Å². The molecule has 0 spiro atoms. The molecule has 222 valence electrons. The second kappa shape index (κ2) is 14.5. The number of nitrogens with zero attached hydrogens (tertiary/aromatic N) is 1. The fourth-order valence-corrected chi connectivity index (χ4v) is 4.10. The maximum atomic E-state index is 12.9. The maximum absolute atomic E-state index is 12.9. The molecule has 0 bridgehead atoms. The standard InChI is InChI=1S/C30H35N5O7/c1-18-7-5-6-8-23(18)34-30(40)32-20-10-12-21(13-11-20)35(2)27(36)16-22(31)29(39)33-24(17-28(37)38)19-9-14-25(41-3)26(15-19)42-4/h5-15,22,24H,16-17,31H2,1-4H3,(H,33,39)(H,37,38)(H2,32,34,40). The number of ether oxygens (including phenoxy) is 2. The van der Waals surface area contributed by atoms with Gasteiger partial charge in [0.05, 0.1) is 39.1 Å². The Hall–Kier alpha value is -5.10. The monoisotopic (exact) mass is 577 g/mol. The topological polar surface area (TPSA) is 172 Å². The van der Waals surface area contributed by atoms with Crippen LogP contribution in [0.4, 0.5) is 21.9 Å². The number of nitrogens with one attached hydrogen (secondary N) is 3. The van der Waals surface area contributed by atoms with E-state index in [4.69, 9.17) is 15.2 Å². The summed E-state index contributed by atoms with van der Waals surface area (Å²) >= 11 is 0. The van der Waals surface area contributed by atoms with Crippen LogP contribution < -0.4 is 36.1 Å². The number of anilines is 3. The minimum atomic E-state index is -1.23. The number of hydrogen-bond donors (Lipinski definition) is 5. The van der Waals surface area contributed by atoms with Gasteiger partial charge in [-0.3, -0.25) is 14.4 Å². The first-order chi connectivity index (χ1) is 20.0. The average Bonchev–Trinajstić information content (AvgIpc) is 2.97. The second-order valence-corrected chi connectivity index (χ2v) is 9.48. The van der Waals surface area contributed by atoms with E-state index in [9.17, 15) is 24.3 Å². The normalized spacial score (nSPS) is 11.9. The number of carboxylic acids is 1. The first-order valence-corrected chi connectivity index (χ1v) is 13.0. The molecule has 4 amide bonds. The van der Waals surface area contributed by atoms with Crippen LogP contribution in [0.25, 0.3) is 0 Å². The van der Waals surface area contributed by atoms with E-state index in [0.717, 1.165) is 5.56 Å². The van der Waals surface area contributed by atoms with E-state index in [1.54, 1.807) is 48.5 Å². The van der Waals surface area contributed by atoms with Crippen LogP contribution in [-0.2, 0) is 14.4 Å². The van der Waals surface area contributed by atoms with Gasteiger partial charge in [-0.15, -0.1) is 0 Å². The quantitative estimate of drug-likeness (QED) is 0.217. The lowest BCUT2D eigenvalue weighted by molar-refractivity contribution is -0.138. The summed E-state index contributed by atoms with van der Waals surface area (Å²) in [5.41, 5.74) is 9.16. The largest absolute Gasteiger partial charge is 0.493 e. The molecule has 0 heterocycles. The Balaban J connectivity index is 1.59. The van der Waals surface area contributed by atoms with Crippen molar-refractivity contribution >= 4 is 40.9 Å². The van der Waals surface area contributed by atoms with Crippen molar-refractivity contribution in [1.29, 1.82) is 0 Å². The van der Waals surface area contributed by atoms with E-state index in [0.29, 0.717) is 34.1 Å². The summed E-state index contributed by atoms with van der Waals surface area (Å²) in [4.78, 5) is 51.0. The van der Waals surface area contributed by atoms with E-state index in [1.165, 1.54) is 26.2 Å². The number of para-hydroxylation sites is 1. The molecule has 2 atom stereocenters. The molecule has 0 radical (unpaired) electrons. The van der Waals surface area contributed by atoms with Gasteiger partial charge in [0.2, 0.25) is 11.8 Å². The van der Waals surface area contributed by atoms with Gasteiger partial charge in [0.1, 0.15) is 0 Å². The van der Waals surface area contributed by atoms with Crippen LogP contribution in [0.1, 0.15) is 30.0 Å². The van der Waals surface area contributed by atoms with Gasteiger partial charge in [0, 0.05) is 24.1 Å². The van der Waals surface area contributed by atoms with Crippen molar-refractivity contribution in [2.45, 2.75) is 31.8 Å². The molecule has 0 aliphatic rings. The number of hydrogen-bond acceptors (Lipinski definition) is 7. The Morgan fingerprint density at radius 2 is 1.57 bits per heavy atom. The van der Waals surface area contributed by atoms with Crippen molar-refractivity contribution in [2.24, 2.45) is 5.73 Å². The lowest BCUT2D eigenvalue weighted by atomic mass is 10.0. The lowest BCUT2D eigenvalue weighted by Gasteiger charge is -2.23. The molecule has 3 aromatic carbocycles. The first-order valence-electron chi connectivity index (χ1n) is 13.0. The number of urea groups is 1. The predicted molar refractivity (Wildman–Crippen MR) is 159 cm³/mol. The highest BCUT2D eigenvalue weighted by atomic mass is 16.5. The van der Waals surface area contributed by atoms with E-state index >= 15 is 0 Å². The van der Waals surface area contributed by atoms with Crippen molar-refractivity contribution < 1.29 is 33.8 Å². The smallest absolute Gasteiger partial charge is 0.323 e. The molecule has 2 unspecified atom stereocenters. The zero-order valence-electron chi connectivity index (χ0n) is 23.8.